The molecule has 0 atom stereocenters. The number of nitrogen functional groups attached to an aromatic ring is 1. The fraction of sp³-hybridized carbons (Fsp3) is 0.250. The third kappa shape index (κ3) is 5.40. The van der Waals surface area contributed by atoms with Crippen LogP contribution in [-0.4, -0.2) is 17.1 Å². The lowest BCUT2D eigenvalue weighted by atomic mass is 10.3. The van der Waals surface area contributed by atoms with E-state index in [-0.39, 0.29) is 23.9 Å². The second kappa shape index (κ2) is 5.55. The zero-order chi connectivity index (χ0) is 11.5. The fourth-order valence-electron chi connectivity index (χ4n) is 0.866. The Morgan fingerprint density at radius 3 is 2.50 bits per heavy atom. The lowest BCUT2D eigenvalue weighted by Crippen LogP contribution is -2.21. The number of nitrogens with two attached hydrogens (primary N) is 1. The topological polar surface area (TPSA) is 68.0 Å². The van der Waals surface area contributed by atoms with Gasteiger partial charge in [-0.15, -0.1) is 12.4 Å². The summed E-state index contributed by atoms with van der Waals surface area (Å²) in [6.07, 6.45) is -4.84. The van der Waals surface area contributed by atoms with Crippen LogP contribution in [0.3, 0.4) is 0 Å². The number of amides is 1. The van der Waals surface area contributed by atoms with Crippen LogP contribution in [0.5, 0.6) is 0 Å². The first-order chi connectivity index (χ1) is 6.87. The summed E-state index contributed by atoms with van der Waals surface area (Å²) in [6, 6.07) is 2.75. The Hall–Kier alpha value is -1.50. The standard InChI is InChI=1S/C8H8F3N3O.ClH/c9-8(10,11)3-7(15)14-5-1-2-6(12)13-4-5;/h1-2,4H,3H2,(H2,12,13)(H,14,15);1H. The number of pyridine rings is 1. The minimum absolute atomic E-state index is 0. The molecule has 0 aliphatic rings. The normalized spacial score (nSPS) is 10.4. The van der Waals surface area contributed by atoms with Crippen molar-refractivity contribution in [1.29, 1.82) is 0 Å². The number of anilines is 2. The molecule has 1 heterocycles. The summed E-state index contributed by atoms with van der Waals surface area (Å²) < 4.78 is 35.3. The Morgan fingerprint density at radius 1 is 1.44 bits per heavy atom. The van der Waals surface area contributed by atoms with Gasteiger partial charge in [-0.1, -0.05) is 0 Å². The van der Waals surface area contributed by atoms with Gasteiger partial charge in [0.05, 0.1) is 11.9 Å². The van der Waals surface area contributed by atoms with E-state index in [2.05, 4.69) is 4.98 Å². The van der Waals surface area contributed by atoms with Gasteiger partial charge in [-0.25, -0.2) is 4.98 Å². The molecule has 0 fully saturated rings. The molecule has 16 heavy (non-hydrogen) atoms. The maximum absolute atomic E-state index is 11.8. The van der Waals surface area contributed by atoms with Crippen LogP contribution in [0, 0.1) is 0 Å². The van der Waals surface area contributed by atoms with Crippen molar-refractivity contribution in [3.63, 3.8) is 0 Å². The van der Waals surface area contributed by atoms with Crippen molar-refractivity contribution in [3.8, 4) is 0 Å². The number of carbonyl (C=O) groups excluding carboxylic acids is 1. The summed E-state index contributed by atoms with van der Waals surface area (Å²) in [5.41, 5.74) is 5.43. The Bertz CT molecular complexity index is 353. The molecule has 1 rings (SSSR count). The molecular formula is C8H9ClF3N3O. The highest BCUT2D eigenvalue weighted by molar-refractivity contribution is 5.90. The van der Waals surface area contributed by atoms with Gasteiger partial charge in [-0.3, -0.25) is 4.79 Å². The van der Waals surface area contributed by atoms with Crippen LogP contribution in [0.2, 0.25) is 0 Å². The van der Waals surface area contributed by atoms with Crippen molar-refractivity contribution in [3.05, 3.63) is 18.3 Å². The highest BCUT2D eigenvalue weighted by Crippen LogP contribution is 2.20. The molecule has 0 bridgehead atoms. The van der Waals surface area contributed by atoms with Gasteiger partial charge in [-0.05, 0) is 12.1 Å². The van der Waals surface area contributed by atoms with Crippen molar-refractivity contribution in [2.45, 2.75) is 12.6 Å². The molecule has 1 aromatic rings. The van der Waals surface area contributed by atoms with Crippen LogP contribution in [0.25, 0.3) is 0 Å². The first kappa shape index (κ1) is 14.5. The van der Waals surface area contributed by atoms with E-state index < -0.39 is 18.5 Å². The van der Waals surface area contributed by atoms with E-state index >= 15 is 0 Å². The Labute approximate surface area is 95.4 Å². The number of nitrogens with one attached hydrogen (secondary N) is 1. The van der Waals surface area contributed by atoms with E-state index in [0.717, 1.165) is 0 Å². The van der Waals surface area contributed by atoms with E-state index in [1.54, 1.807) is 0 Å². The molecular weight excluding hydrogens is 247 g/mol. The van der Waals surface area contributed by atoms with Crippen LogP contribution in [0.4, 0.5) is 24.7 Å². The summed E-state index contributed by atoms with van der Waals surface area (Å²) in [5, 5.41) is 2.05. The zero-order valence-corrected chi connectivity index (χ0v) is 8.73. The minimum Gasteiger partial charge on any atom is -0.384 e. The molecule has 0 aliphatic carbocycles. The lowest BCUT2D eigenvalue weighted by Gasteiger charge is -2.07. The molecule has 1 amide bonds. The van der Waals surface area contributed by atoms with Crippen LogP contribution >= 0.6 is 12.4 Å². The van der Waals surface area contributed by atoms with Crippen LogP contribution in [0.1, 0.15) is 6.42 Å². The molecule has 3 N–H and O–H groups in total. The Balaban J connectivity index is 0.00000225. The molecule has 4 nitrogen and oxygen atoms in total. The largest absolute Gasteiger partial charge is 0.397 e. The third-order valence-electron chi connectivity index (χ3n) is 1.43. The molecule has 0 aromatic carbocycles. The number of hydrogen-bond donors (Lipinski definition) is 2. The smallest absolute Gasteiger partial charge is 0.384 e. The summed E-state index contributed by atoms with van der Waals surface area (Å²) in [6.45, 7) is 0. The van der Waals surface area contributed by atoms with Crippen LogP contribution in [0.15, 0.2) is 18.3 Å². The van der Waals surface area contributed by atoms with Gasteiger partial charge in [0.15, 0.2) is 0 Å². The number of halogens is 4. The highest BCUT2D eigenvalue weighted by Gasteiger charge is 2.31. The average Bonchev–Trinajstić information content (AvgIpc) is 2.05. The van der Waals surface area contributed by atoms with Crippen LogP contribution in [-0.2, 0) is 4.79 Å². The molecule has 0 saturated heterocycles. The number of aromatic nitrogens is 1. The minimum atomic E-state index is -4.51. The van der Waals surface area contributed by atoms with Gasteiger partial charge < -0.3 is 11.1 Å². The van der Waals surface area contributed by atoms with E-state index in [9.17, 15) is 18.0 Å². The highest BCUT2D eigenvalue weighted by atomic mass is 35.5. The monoisotopic (exact) mass is 255 g/mol. The number of nitrogens with zero attached hydrogens (tertiary/aromatic N) is 1. The zero-order valence-electron chi connectivity index (χ0n) is 7.91. The van der Waals surface area contributed by atoms with Crippen molar-refractivity contribution >= 4 is 29.8 Å². The maximum atomic E-state index is 11.8. The molecule has 0 radical (unpaired) electrons. The molecule has 90 valence electrons. The fourth-order valence-corrected chi connectivity index (χ4v) is 0.866. The molecule has 1 aromatic heterocycles. The molecule has 8 heteroatoms. The number of hydrogen-bond acceptors (Lipinski definition) is 3. The number of carbonyl (C=O) groups is 1. The van der Waals surface area contributed by atoms with Crippen molar-refractivity contribution in [2.75, 3.05) is 11.1 Å². The summed E-state index contributed by atoms with van der Waals surface area (Å²) in [5.74, 6) is -0.905. The van der Waals surface area contributed by atoms with Gasteiger partial charge in [-0.2, -0.15) is 13.2 Å². The van der Waals surface area contributed by atoms with Crippen LogP contribution < -0.4 is 11.1 Å². The van der Waals surface area contributed by atoms with Gasteiger partial charge in [0, 0.05) is 0 Å². The second-order valence-electron chi connectivity index (χ2n) is 2.81. The van der Waals surface area contributed by atoms with E-state index in [1.807, 2.05) is 5.32 Å². The third-order valence-corrected chi connectivity index (χ3v) is 1.43. The van der Waals surface area contributed by atoms with Crippen molar-refractivity contribution in [2.24, 2.45) is 0 Å². The predicted molar refractivity (Wildman–Crippen MR) is 55.2 cm³/mol. The van der Waals surface area contributed by atoms with E-state index in [1.165, 1.54) is 18.3 Å². The molecule has 0 saturated carbocycles. The van der Waals surface area contributed by atoms with Gasteiger partial charge >= 0.3 is 6.18 Å². The summed E-state index contributed by atoms with van der Waals surface area (Å²) >= 11 is 0. The van der Waals surface area contributed by atoms with E-state index in [4.69, 9.17) is 5.73 Å². The van der Waals surface area contributed by atoms with E-state index in [0.29, 0.717) is 0 Å². The van der Waals surface area contributed by atoms with Crippen molar-refractivity contribution < 1.29 is 18.0 Å². The molecule has 0 unspecified atom stereocenters. The second-order valence-corrected chi connectivity index (χ2v) is 2.81. The lowest BCUT2D eigenvalue weighted by molar-refractivity contribution is -0.150. The first-order valence-electron chi connectivity index (χ1n) is 3.95. The van der Waals surface area contributed by atoms with Crippen molar-refractivity contribution in [1.82, 2.24) is 4.98 Å². The van der Waals surface area contributed by atoms with Gasteiger partial charge in [0.25, 0.3) is 0 Å². The quantitative estimate of drug-likeness (QED) is 0.849. The number of alkyl halides is 3. The van der Waals surface area contributed by atoms with Gasteiger partial charge in [0.2, 0.25) is 5.91 Å². The Kier molecular flexibility index (Phi) is 5.03. The Morgan fingerprint density at radius 2 is 2.06 bits per heavy atom. The predicted octanol–water partition coefficient (Wildman–Crippen LogP) is 1.98. The maximum Gasteiger partial charge on any atom is 0.397 e. The first-order valence-corrected chi connectivity index (χ1v) is 3.95. The van der Waals surface area contributed by atoms with Gasteiger partial charge in [0.1, 0.15) is 12.2 Å². The molecule has 0 spiro atoms. The average molecular weight is 256 g/mol. The summed E-state index contributed by atoms with van der Waals surface area (Å²) in [4.78, 5) is 14.4. The SMILES string of the molecule is Cl.Nc1ccc(NC(=O)CC(F)(F)F)cn1. The molecule has 0 aliphatic heterocycles. The number of rotatable bonds is 2. The summed E-state index contributed by atoms with van der Waals surface area (Å²) in [7, 11) is 0.